The molecule has 0 bridgehead atoms. The number of nitrogens with one attached hydrogen (secondary N) is 1. The first-order valence-corrected chi connectivity index (χ1v) is 6.34. The summed E-state index contributed by atoms with van der Waals surface area (Å²) in [4.78, 5) is 0. The highest BCUT2D eigenvalue weighted by Gasteiger charge is 2.10. The molecule has 1 heterocycles. The average molecular weight is 257 g/mol. The first kappa shape index (κ1) is 15.2. The summed E-state index contributed by atoms with van der Waals surface area (Å²) in [5.74, 6) is 0.861. The maximum Gasteiger partial charge on any atom is 0.120 e. The van der Waals surface area contributed by atoms with Gasteiger partial charge in [-0.2, -0.15) is 0 Å². The fourth-order valence-corrected chi connectivity index (χ4v) is 1.49. The third kappa shape index (κ3) is 6.16. The molecule has 0 aliphatic carbocycles. The Bertz CT molecular complexity index is 289. The summed E-state index contributed by atoms with van der Waals surface area (Å²) < 4.78 is 15.7. The van der Waals surface area contributed by atoms with E-state index in [1.807, 2.05) is 26.0 Å². The van der Waals surface area contributed by atoms with Crippen LogP contribution in [0.4, 0.5) is 0 Å². The third-order valence-electron chi connectivity index (χ3n) is 2.52. The second-order valence-corrected chi connectivity index (χ2v) is 4.07. The minimum atomic E-state index is -0.524. The highest BCUT2D eigenvalue weighted by molar-refractivity contribution is 5.02. The number of aliphatic hydroxyl groups is 1. The third-order valence-corrected chi connectivity index (χ3v) is 2.52. The van der Waals surface area contributed by atoms with Gasteiger partial charge < -0.3 is 24.3 Å². The minimum Gasteiger partial charge on any atom is -0.468 e. The molecule has 2 N–H and O–H groups in total. The van der Waals surface area contributed by atoms with Crippen molar-refractivity contribution in [2.24, 2.45) is 0 Å². The minimum absolute atomic E-state index is 0.0816. The van der Waals surface area contributed by atoms with Gasteiger partial charge in [0.1, 0.15) is 5.76 Å². The zero-order valence-electron chi connectivity index (χ0n) is 11.1. The highest BCUT2D eigenvalue weighted by Crippen LogP contribution is 2.11. The summed E-state index contributed by atoms with van der Waals surface area (Å²) in [6.07, 6.45) is 1.12. The summed E-state index contributed by atoms with van der Waals surface area (Å²) in [7, 11) is 0. The summed E-state index contributed by atoms with van der Waals surface area (Å²) >= 11 is 0. The Kier molecular flexibility index (Phi) is 7.68. The van der Waals surface area contributed by atoms with Crippen LogP contribution in [-0.4, -0.2) is 44.2 Å². The molecule has 0 fully saturated rings. The summed E-state index contributed by atoms with van der Waals surface area (Å²) in [6.45, 7) is 6.48. The van der Waals surface area contributed by atoms with Gasteiger partial charge in [-0.3, -0.25) is 0 Å². The van der Waals surface area contributed by atoms with E-state index in [0.717, 1.165) is 5.76 Å². The Morgan fingerprint density at radius 1 is 1.39 bits per heavy atom. The Morgan fingerprint density at radius 3 is 2.83 bits per heavy atom. The van der Waals surface area contributed by atoms with Crippen molar-refractivity contribution in [1.29, 1.82) is 0 Å². The van der Waals surface area contributed by atoms with Crippen molar-refractivity contribution in [3.63, 3.8) is 0 Å². The van der Waals surface area contributed by atoms with Crippen LogP contribution < -0.4 is 5.32 Å². The Morgan fingerprint density at radius 2 is 2.17 bits per heavy atom. The first-order valence-electron chi connectivity index (χ1n) is 6.34. The zero-order chi connectivity index (χ0) is 13.2. The van der Waals surface area contributed by atoms with Gasteiger partial charge in [0.05, 0.1) is 38.2 Å². The van der Waals surface area contributed by atoms with Crippen LogP contribution in [0, 0.1) is 0 Å². The van der Waals surface area contributed by atoms with Gasteiger partial charge in [-0.1, -0.05) is 0 Å². The van der Waals surface area contributed by atoms with E-state index in [1.54, 1.807) is 6.26 Å². The molecule has 0 spiro atoms. The summed E-state index contributed by atoms with van der Waals surface area (Å²) in [6, 6.07) is 3.83. The topological polar surface area (TPSA) is 63.9 Å². The molecule has 18 heavy (non-hydrogen) atoms. The lowest BCUT2D eigenvalue weighted by Gasteiger charge is -2.15. The molecule has 0 radical (unpaired) electrons. The summed E-state index contributed by atoms with van der Waals surface area (Å²) in [5.41, 5.74) is 0. The second kappa shape index (κ2) is 9.10. The van der Waals surface area contributed by atoms with Crippen LogP contribution >= 0.6 is 0 Å². The second-order valence-electron chi connectivity index (χ2n) is 4.07. The van der Waals surface area contributed by atoms with Gasteiger partial charge in [-0.15, -0.1) is 0 Å². The molecule has 1 rings (SSSR count). The van der Waals surface area contributed by atoms with Crippen LogP contribution in [-0.2, 0) is 9.47 Å². The number of furan rings is 1. The van der Waals surface area contributed by atoms with Gasteiger partial charge in [0, 0.05) is 13.2 Å². The fraction of sp³-hybridized carbons (Fsp3) is 0.692. The molecular weight excluding hydrogens is 234 g/mol. The molecule has 1 aromatic heterocycles. The molecule has 1 unspecified atom stereocenters. The van der Waals surface area contributed by atoms with Crippen molar-refractivity contribution < 1.29 is 19.0 Å². The van der Waals surface area contributed by atoms with E-state index < -0.39 is 6.10 Å². The lowest BCUT2D eigenvalue weighted by atomic mass is 10.2. The van der Waals surface area contributed by atoms with Crippen molar-refractivity contribution in [2.75, 3.05) is 33.0 Å². The van der Waals surface area contributed by atoms with Crippen LogP contribution in [0.5, 0.6) is 0 Å². The predicted molar refractivity (Wildman–Crippen MR) is 68.4 cm³/mol. The molecule has 0 saturated carbocycles. The SMILES string of the molecule is CCOCCOCC(O)CN[C@H](C)c1ccco1. The van der Waals surface area contributed by atoms with E-state index in [-0.39, 0.29) is 6.04 Å². The van der Waals surface area contributed by atoms with Gasteiger partial charge in [0.25, 0.3) is 0 Å². The van der Waals surface area contributed by atoms with Crippen LogP contribution in [0.25, 0.3) is 0 Å². The number of hydrogen-bond donors (Lipinski definition) is 2. The van der Waals surface area contributed by atoms with E-state index in [0.29, 0.717) is 33.0 Å². The number of aliphatic hydroxyl groups excluding tert-OH is 1. The summed E-state index contributed by atoms with van der Waals surface area (Å²) in [5, 5.41) is 12.9. The molecule has 0 aromatic carbocycles. The average Bonchev–Trinajstić information content (AvgIpc) is 2.89. The Hall–Kier alpha value is -0.880. The highest BCUT2D eigenvalue weighted by atomic mass is 16.5. The van der Waals surface area contributed by atoms with Crippen LogP contribution in [0.15, 0.2) is 22.8 Å². The molecule has 0 amide bonds. The van der Waals surface area contributed by atoms with Gasteiger partial charge in [0.2, 0.25) is 0 Å². The van der Waals surface area contributed by atoms with E-state index in [4.69, 9.17) is 13.9 Å². The number of hydrogen-bond acceptors (Lipinski definition) is 5. The van der Waals surface area contributed by atoms with Gasteiger partial charge >= 0.3 is 0 Å². The quantitative estimate of drug-likeness (QED) is 0.619. The Labute approximate surface area is 108 Å². The zero-order valence-corrected chi connectivity index (χ0v) is 11.1. The first-order chi connectivity index (χ1) is 8.74. The lowest BCUT2D eigenvalue weighted by Crippen LogP contribution is -2.32. The molecule has 5 heteroatoms. The molecule has 2 atom stereocenters. The molecule has 104 valence electrons. The molecule has 0 aliphatic heterocycles. The van der Waals surface area contributed by atoms with Crippen molar-refractivity contribution in [3.8, 4) is 0 Å². The normalized spacial score (nSPS) is 14.6. The van der Waals surface area contributed by atoms with E-state index in [1.165, 1.54) is 0 Å². The molecule has 0 aliphatic rings. The maximum absolute atomic E-state index is 9.69. The van der Waals surface area contributed by atoms with E-state index >= 15 is 0 Å². The predicted octanol–water partition coefficient (Wildman–Crippen LogP) is 1.34. The molecular formula is C13H23NO4. The molecule has 0 saturated heterocycles. The maximum atomic E-state index is 9.69. The van der Waals surface area contributed by atoms with Crippen LogP contribution in [0.2, 0.25) is 0 Å². The smallest absolute Gasteiger partial charge is 0.120 e. The van der Waals surface area contributed by atoms with Crippen molar-refractivity contribution in [3.05, 3.63) is 24.2 Å². The van der Waals surface area contributed by atoms with Crippen LogP contribution in [0.3, 0.4) is 0 Å². The molecule has 5 nitrogen and oxygen atoms in total. The largest absolute Gasteiger partial charge is 0.468 e. The van der Waals surface area contributed by atoms with Gasteiger partial charge in [-0.05, 0) is 26.0 Å². The number of ether oxygens (including phenoxy) is 2. The van der Waals surface area contributed by atoms with Crippen molar-refractivity contribution in [2.45, 2.75) is 26.0 Å². The van der Waals surface area contributed by atoms with E-state index in [9.17, 15) is 5.11 Å². The monoisotopic (exact) mass is 257 g/mol. The van der Waals surface area contributed by atoms with Crippen molar-refractivity contribution >= 4 is 0 Å². The standard InChI is InChI=1S/C13H23NO4/c1-3-16-7-8-17-10-12(15)9-14-11(2)13-5-4-6-18-13/h4-6,11-12,14-15H,3,7-10H2,1-2H3/t11-,12?/m1/s1. The lowest BCUT2D eigenvalue weighted by molar-refractivity contribution is 0.00570. The van der Waals surface area contributed by atoms with Crippen LogP contribution in [0.1, 0.15) is 25.6 Å². The van der Waals surface area contributed by atoms with Gasteiger partial charge in [0.15, 0.2) is 0 Å². The fourth-order valence-electron chi connectivity index (χ4n) is 1.49. The van der Waals surface area contributed by atoms with Crippen molar-refractivity contribution in [1.82, 2.24) is 5.32 Å². The Balaban J connectivity index is 2.04. The number of rotatable bonds is 10. The van der Waals surface area contributed by atoms with E-state index in [2.05, 4.69) is 5.32 Å². The van der Waals surface area contributed by atoms with Gasteiger partial charge in [-0.25, -0.2) is 0 Å². The molecule has 1 aromatic rings.